The number of likely N-dealkylation sites (tertiary alicyclic amines) is 1. The Morgan fingerprint density at radius 1 is 1.19 bits per heavy atom. The second-order valence-corrected chi connectivity index (χ2v) is 7.45. The van der Waals surface area contributed by atoms with E-state index in [0.717, 1.165) is 70.8 Å². The molecule has 3 fully saturated rings. The molecule has 0 aromatic rings. The highest BCUT2D eigenvalue weighted by molar-refractivity contribution is 14.0. The zero-order valence-electron chi connectivity index (χ0n) is 15.8. The van der Waals surface area contributed by atoms with Gasteiger partial charge in [0.05, 0.1) is 25.4 Å². The molecular weight excluding hydrogens is 447 g/mol. The minimum atomic E-state index is -0.592. The van der Waals surface area contributed by atoms with Crippen LogP contribution in [0.4, 0.5) is 0 Å². The molecule has 0 aromatic carbocycles. The highest BCUT2D eigenvalue weighted by Gasteiger charge is 2.35. The lowest BCUT2D eigenvalue weighted by atomic mass is 9.80. The van der Waals surface area contributed by atoms with Crippen molar-refractivity contribution >= 4 is 35.8 Å². The van der Waals surface area contributed by atoms with Crippen molar-refractivity contribution in [1.29, 1.82) is 0 Å². The summed E-state index contributed by atoms with van der Waals surface area (Å²) in [4.78, 5) is 21.5. The number of hydrogen-bond acceptors (Lipinski definition) is 4. The van der Waals surface area contributed by atoms with E-state index in [0.29, 0.717) is 19.8 Å². The number of nitrogens with zero attached hydrogens (tertiary/aromatic N) is 3. The Hall–Kier alpha value is -0.610. The van der Waals surface area contributed by atoms with Gasteiger partial charge in [0.1, 0.15) is 0 Å². The van der Waals surface area contributed by atoms with Crippen LogP contribution < -0.4 is 5.32 Å². The number of amides is 1. The van der Waals surface area contributed by atoms with E-state index in [1.54, 1.807) is 0 Å². The molecule has 2 saturated heterocycles. The number of hydrogen-bond donors (Lipinski definition) is 2. The number of piperidine rings is 1. The molecule has 150 valence electrons. The summed E-state index contributed by atoms with van der Waals surface area (Å²) >= 11 is 0. The minimum absolute atomic E-state index is 0. The third kappa shape index (κ3) is 5.45. The number of aliphatic hydroxyl groups is 1. The molecule has 0 spiro atoms. The Balaban J connectivity index is 0.00000243. The van der Waals surface area contributed by atoms with Crippen molar-refractivity contribution < 1.29 is 14.6 Å². The lowest BCUT2D eigenvalue weighted by Crippen LogP contribution is -2.50. The van der Waals surface area contributed by atoms with E-state index in [9.17, 15) is 9.90 Å². The third-order valence-electron chi connectivity index (χ3n) is 5.61. The lowest BCUT2D eigenvalue weighted by molar-refractivity contribution is -0.140. The summed E-state index contributed by atoms with van der Waals surface area (Å²) in [6, 6.07) is 0. The molecule has 0 unspecified atom stereocenters. The fourth-order valence-corrected chi connectivity index (χ4v) is 3.77. The maximum atomic E-state index is 12.6. The molecule has 0 bridgehead atoms. The van der Waals surface area contributed by atoms with Gasteiger partial charge in [0.15, 0.2) is 5.96 Å². The number of aliphatic imine (C=N–C) groups is 1. The van der Waals surface area contributed by atoms with Crippen molar-refractivity contribution in [2.45, 2.75) is 44.6 Å². The standard InChI is InChI=1S/C18H32N4O3.HI/c1-2-19-17(20-14-18(24)6-3-7-18)22-8-4-15(5-9-22)16(23)21-10-12-25-13-11-21;/h15,24H,2-14H2,1H3,(H,19,20);1H. The van der Waals surface area contributed by atoms with Crippen LogP contribution in [0.2, 0.25) is 0 Å². The number of morpholine rings is 1. The Labute approximate surface area is 173 Å². The van der Waals surface area contributed by atoms with Crippen LogP contribution in [-0.2, 0) is 9.53 Å². The van der Waals surface area contributed by atoms with Crippen molar-refractivity contribution in [3.63, 3.8) is 0 Å². The second kappa shape index (κ2) is 10.1. The summed E-state index contributed by atoms with van der Waals surface area (Å²) in [5.74, 6) is 1.28. The van der Waals surface area contributed by atoms with Gasteiger partial charge in [0, 0.05) is 38.6 Å². The number of halogens is 1. The van der Waals surface area contributed by atoms with Crippen LogP contribution in [0.15, 0.2) is 4.99 Å². The van der Waals surface area contributed by atoms with Gasteiger partial charge in [-0.05, 0) is 39.0 Å². The molecule has 7 nitrogen and oxygen atoms in total. The van der Waals surface area contributed by atoms with Crippen LogP contribution >= 0.6 is 24.0 Å². The van der Waals surface area contributed by atoms with Gasteiger partial charge < -0.3 is 25.0 Å². The van der Waals surface area contributed by atoms with Gasteiger partial charge in [-0.15, -0.1) is 24.0 Å². The zero-order chi connectivity index (χ0) is 17.7. The average molecular weight is 480 g/mol. The SMILES string of the molecule is CCNC(=NCC1(O)CCC1)N1CCC(C(=O)N2CCOCC2)CC1.I. The Kier molecular flexibility index (Phi) is 8.41. The first-order chi connectivity index (χ1) is 12.1. The van der Waals surface area contributed by atoms with E-state index in [1.807, 2.05) is 4.90 Å². The van der Waals surface area contributed by atoms with Gasteiger partial charge in [-0.3, -0.25) is 9.79 Å². The fourth-order valence-electron chi connectivity index (χ4n) is 3.77. The summed E-state index contributed by atoms with van der Waals surface area (Å²) in [6.45, 7) is 7.78. The normalized spacial score (nSPS) is 23.8. The quantitative estimate of drug-likeness (QED) is 0.358. The number of nitrogens with one attached hydrogen (secondary N) is 1. The maximum absolute atomic E-state index is 12.6. The van der Waals surface area contributed by atoms with Gasteiger partial charge in [-0.25, -0.2) is 0 Å². The van der Waals surface area contributed by atoms with E-state index in [2.05, 4.69) is 22.1 Å². The van der Waals surface area contributed by atoms with Crippen LogP contribution in [0.5, 0.6) is 0 Å². The third-order valence-corrected chi connectivity index (χ3v) is 5.61. The Bertz CT molecular complexity index is 485. The molecule has 0 atom stereocenters. The first-order valence-electron chi connectivity index (χ1n) is 9.73. The molecule has 2 heterocycles. The molecule has 26 heavy (non-hydrogen) atoms. The average Bonchev–Trinajstić information content (AvgIpc) is 2.64. The van der Waals surface area contributed by atoms with Crippen molar-refractivity contribution in [2.24, 2.45) is 10.9 Å². The molecule has 0 aromatic heterocycles. The summed E-state index contributed by atoms with van der Waals surface area (Å²) in [7, 11) is 0. The van der Waals surface area contributed by atoms with E-state index in [-0.39, 0.29) is 35.8 Å². The van der Waals surface area contributed by atoms with Gasteiger partial charge in [-0.1, -0.05) is 0 Å². The molecule has 3 aliphatic rings. The van der Waals surface area contributed by atoms with E-state index < -0.39 is 5.60 Å². The molecule has 3 rings (SSSR count). The highest BCUT2D eigenvalue weighted by Crippen LogP contribution is 2.31. The second-order valence-electron chi connectivity index (χ2n) is 7.45. The largest absolute Gasteiger partial charge is 0.388 e. The lowest BCUT2D eigenvalue weighted by Gasteiger charge is -2.38. The number of carbonyl (C=O) groups is 1. The summed E-state index contributed by atoms with van der Waals surface area (Å²) in [6.07, 6.45) is 4.53. The molecule has 1 aliphatic carbocycles. The van der Waals surface area contributed by atoms with Crippen molar-refractivity contribution in [3.05, 3.63) is 0 Å². The fraction of sp³-hybridized carbons (Fsp3) is 0.889. The van der Waals surface area contributed by atoms with Crippen molar-refractivity contribution in [1.82, 2.24) is 15.1 Å². The molecular formula is C18H33IN4O3. The maximum Gasteiger partial charge on any atom is 0.225 e. The predicted octanol–water partition coefficient (Wildman–Crippen LogP) is 1.06. The van der Waals surface area contributed by atoms with Gasteiger partial charge >= 0.3 is 0 Å². The molecule has 2 N–H and O–H groups in total. The predicted molar refractivity (Wildman–Crippen MR) is 112 cm³/mol. The topological polar surface area (TPSA) is 77.4 Å². The van der Waals surface area contributed by atoms with Crippen molar-refractivity contribution in [3.8, 4) is 0 Å². The van der Waals surface area contributed by atoms with Crippen LogP contribution in [0.1, 0.15) is 39.0 Å². The Morgan fingerprint density at radius 2 is 1.85 bits per heavy atom. The monoisotopic (exact) mass is 480 g/mol. The van der Waals surface area contributed by atoms with Crippen LogP contribution in [-0.4, -0.2) is 84.9 Å². The highest BCUT2D eigenvalue weighted by atomic mass is 127. The summed E-state index contributed by atoms with van der Waals surface area (Å²) in [5.41, 5.74) is -0.592. The number of carbonyl (C=O) groups excluding carboxylic acids is 1. The summed E-state index contributed by atoms with van der Waals surface area (Å²) < 4.78 is 5.33. The number of guanidine groups is 1. The van der Waals surface area contributed by atoms with Crippen LogP contribution in [0, 0.1) is 5.92 Å². The van der Waals surface area contributed by atoms with Gasteiger partial charge in [-0.2, -0.15) is 0 Å². The van der Waals surface area contributed by atoms with Gasteiger partial charge in [0.25, 0.3) is 0 Å². The molecule has 2 aliphatic heterocycles. The minimum Gasteiger partial charge on any atom is -0.388 e. The van der Waals surface area contributed by atoms with Crippen LogP contribution in [0.25, 0.3) is 0 Å². The van der Waals surface area contributed by atoms with Gasteiger partial charge in [0.2, 0.25) is 5.91 Å². The molecule has 0 radical (unpaired) electrons. The van der Waals surface area contributed by atoms with E-state index in [4.69, 9.17) is 4.74 Å². The zero-order valence-corrected chi connectivity index (χ0v) is 18.1. The van der Waals surface area contributed by atoms with Crippen molar-refractivity contribution in [2.75, 3.05) is 52.5 Å². The molecule has 1 saturated carbocycles. The van der Waals surface area contributed by atoms with E-state index in [1.165, 1.54) is 0 Å². The smallest absolute Gasteiger partial charge is 0.225 e. The molecule has 1 amide bonds. The molecule has 8 heteroatoms. The number of ether oxygens (including phenoxy) is 1. The number of rotatable bonds is 4. The summed E-state index contributed by atoms with van der Waals surface area (Å²) in [5, 5.41) is 13.6. The van der Waals surface area contributed by atoms with Crippen LogP contribution in [0.3, 0.4) is 0 Å². The Morgan fingerprint density at radius 3 is 2.38 bits per heavy atom. The first-order valence-corrected chi connectivity index (χ1v) is 9.73. The first kappa shape index (κ1) is 21.7. The van der Waals surface area contributed by atoms with E-state index >= 15 is 0 Å².